The van der Waals surface area contributed by atoms with Gasteiger partial charge in [-0.2, -0.15) is 4.37 Å². The molecular formula is C23H32ClNOS2. The van der Waals surface area contributed by atoms with Crippen LogP contribution in [0.25, 0.3) is 16.1 Å². The summed E-state index contributed by atoms with van der Waals surface area (Å²) >= 11 is 9.59. The molecule has 5 heteroatoms. The molecule has 0 spiro atoms. The molecular weight excluding hydrogens is 406 g/mol. The van der Waals surface area contributed by atoms with Gasteiger partial charge in [0.05, 0.1) is 22.3 Å². The van der Waals surface area contributed by atoms with E-state index in [-0.39, 0.29) is 11.7 Å². The number of nitrogens with zero attached hydrogens (tertiary/aromatic N) is 1. The fraction of sp³-hybridized carbons (Fsp3) is 0.609. The molecule has 0 amide bonds. The minimum absolute atomic E-state index is 0.0326. The zero-order chi connectivity index (χ0) is 20.9. The van der Waals surface area contributed by atoms with Crippen LogP contribution in [0.4, 0.5) is 0 Å². The van der Waals surface area contributed by atoms with E-state index in [1.807, 2.05) is 11.3 Å². The van der Waals surface area contributed by atoms with Crippen LogP contribution in [0.15, 0.2) is 6.08 Å². The van der Waals surface area contributed by atoms with Crippen molar-refractivity contribution in [1.82, 2.24) is 4.37 Å². The molecule has 28 heavy (non-hydrogen) atoms. The van der Waals surface area contributed by atoms with Crippen LogP contribution in [0.2, 0.25) is 4.34 Å². The van der Waals surface area contributed by atoms with Crippen LogP contribution in [0.3, 0.4) is 0 Å². The van der Waals surface area contributed by atoms with Gasteiger partial charge in [-0.3, -0.25) is 0 Å². The first-order valence-corrected chi connectivity index (χ1v) is 12.0. The quantitative estimate of drug-likeness (QED) is 0.477. The van der Waals surface area contributed by atoms with E-state index < -0.39 is 0 Å². The lowest BCUT2D eigenvalue weighted by Gasteiger charge is -2.31. The van der Waals surface area contributed by atoms with Gasteiger partial charge in [0.25, 0.3) is 0 Å². The first-order chi connectivity index (χ1) is 12.9. The summed E-state index contributed by atoms with van der Waals surface area (Å²) in [4.78, 5) is 2.57. The fourth-order valence-corrected chi connectivity index (χ4v) is 6.16. The predicted molar refractivity (Wildman–Crippen MR) is 125 cm³/mol. The molecule has 2 nitrogen and oxygen atoms in total. The molecule has 0 bridgehead atoms. The predicted octanol–water partition coefficient (Wildman–Crippen LogP) is 8.61. The molecule has 1 aliphatic rings. The number of rotatable bonds is 4. The first kappa shape index (κ1) is 22.0. The van der Waals surface area contributed by atoms with Crippen LogP contribution in [-0.2, 0) is 4.74 Å². The Morgan fingerprint density at radius 3 is 2.43 bits per heavy atom. The molecule has 1 aliphatic carbocycles. The highest BCUT2D eigenvalue weighted by Gasteiger charge is 2.31. The van der Waals surface area contributed by atoms with Crippen molar-refractivity contribution in [3.8, 4) is 10.6 Å². The van der Waals surface area contributed by atoms with Gasteiger partial charge in [-0.05, 0) is 83.3 Å². The molecule has 1 unspecified atom stereocenters. The highest BCUT2D eigenvalue weighted by molar-refractivity contribution is 7.16. The molecule has 2 aromatic heterocycles. The molecule has 154 valence electrons. The average Bonchev–Trinajstić information content (AvgIpc) is 3.06. The fourth-order valence-electron chi connectivity index (χ4n) is 3.95. The number of allylic oxidation sites excluding steroid dienone is 2. The molecule has 0 aliphatic heterocycles. The molecule has 0 radical (unpaired) electrons. The lowest BCUT2D eigenvalue weighted by atomic mass is 9.76. The molecule has 3 rings (SSSR count). The molecule has 0 N–H and O–H groups in total. The minimum Gasteiger partial charge on any atom is -0.368 e. The maximum atomic E-state index is 6.40. The van der Waals surface area contributed by atoms with E-state index in [1.54, 1.807) is 0 Å². The van der Waals surface area contributed by atoms with Gasteiger partial charge in [0.15, 0.2) is 0 Å². The minimum atomic E-state index is -0.186. The van der Waals surface area contributed by atoms with E-state index in [0.717, 1.165) is 28.4 Å². The summed E-state index contributed by atoms with van der Waals surface area (Å²) in [5.74, 6) is 0. The normalized spacial score (nSPS) is 18.2. The Kier molecular flexibility index (Phi) is 6.18. The Morgan fingerprint density at radius 1 is 1.25 bits per heavy atom. The van der Waals surface area contributed by atoms with E-state index in [9.17, 15) is 0 Å². The summed E-state index contributed by atoms with van der Waals surface area (Å²) in [7, 11) is 0. The third-order valence-corrected chi connectivity index (χ3v) is 7.80. The lowest BCUT2D eigenvalue weighted by Crippen LogP contribution is -2.22. The van der Waals surface area contributed by atoms with Crippen molar-refractivity contribution in [2.75, 3.05) is 0 Å². The van der Waals surface area contributed by atoms with Crippen molar-refractivity contribution in [3.05, 3.63) is 32.0 Å². The number of hydrogen-bond donors (Lipinski definition) is 0. The van der Waals surface area contributed by atoms with Crippen molar-refractivity contribution in [3.63, 3.8) is 0 Å². The monoisotopic (exact) mass is 437 g/mol. The maximum absolute atomic E-state index is 6.40. The topological polar surface area (TPSA) is 22.1 Å². The highest BCUT2D eigenvalue weighted by Crippen LogP contribution is 2.49. The van der Waals surface area contributed by atoms with Crippen LogP contribution in [-0.4, -0.2) is 9.97 Å². The van der Waals surface area contributed by atoms with Gasteiger partial charge in [0.1, 0.15) is 4.34 Å². The Morgan fingerprint density at radius 2 is 1.93 bits per heavy atom. The Labute approximate surface area is 183 Å². The third-order valence-electron chi connectivity index (χ3n) is 5.44. The Bertz CT molecular complexity index is 899. The summed E-state index contributed by atoms with van der Waals surface area (Å²) in [6.07, 6.45) is 5.90. The van der Waals surface area contributed by atoms with Crippen LogP contribution >= 0.6 is 34.5 Å². The van der Waals surface area contributed by atoms with E-state index in [0.29, 0.717) is 5.41 Å². The summed E-state index contributed by atoms with van der Waals surface area (Å²) in [6, 6.07) is 0. The molecule has 0 fully saturated rings. The number of hydrogen-bond acceptors (Lipinski definition) is 4. The number of thiophene rings is 1. The SMILES string of the molecule is Cc1sc(-c2nsc(Cl)c2C)c(C2=CCC(C)(C)CC2)c1C(C)OC(C)(C)C. The molecule has 2 heterocycles. The van der Waals surface area contributed by atoms with Crippen LogP contribution < -0.4 is 0 Å². The van der Waals surface area contributed by atoms with Crippen molar-refractivity contribution < 1.29 is 4.74 Å². The standard InChI is InChI=1S/C23H32ClNOS2/c1-13-19(25-28-21(13)24)20-18(16-9-11-23(7,8)12-10-16)17(15(3)27-20)14(2)26-22(4,5)6/h9,14H,10-12H2,1-8H3. The van der Waals surface area contributed by atoms with Crippen LogP contribution in [0.1, 0.15) is 88.5 Å². The summed E-state index contributed by atoms with van der Waals surface area (Å²) in [5.41, 5.74) is 6.43. The van der Waals surface area contributed by atoms with Gasteiger partial charge in [0.2, 0.25) is 0 Å². The zero-order valence-electron chi connectivity index (χ0n) is 18.3. The maximum Gasteiger partial charge on any atom is 0.117 e. The zero-order valence-corrected chi connectivity index (χ0v) is 20.7. The average molecular weight is 438 g/mol. The summed E-state index contributed by atoms with van der Waals surface area (Å²) in [5, 5.41) is 0. The van der Waals surface area contributed by atoms with Crippen molar-refractivity contribution in [2.45, 2.75) is 86.4 Å². The second-order valence-electron chi connectivity index (χ2n) is 9.68. The first-order valence-electron chi connectivity index (χ1n) is 10.0. The number of halogens is 1. The molecule has 2 aromatic rings. The molecule has 0 aromatic carbocycles. The van der Waals surface area contributed by atoms with Crippen molar-refractivity contribution in [2.24, 2.45) is 5.41 Å². The van der Waals surface area contributed by atoms with Gasteiger partial charge < -0.3 is 4.74 Å². The number of aryl methyl sites for hydroxylation is 1. The third kappa shape index (κ3) is 4.56. The lowest BCUT2D eigenvalue weighted by molar-refractivity contribution is -0.0531. The number of aromatic nitrogens is 1. The highest BCUT2D eigenvalue weighted by atomic mass is 35.5. The molecule has 0 saturated heterocycles. The van der Waals surface area contributed by atoms with Gasteiger partial charge in [0, 0.05) is 21.6 Å². The van der Waals surface area contributed by atoms with E-state index in [2.05, 4.69) is 61.5 Å². The molecule has 1 atom stereocenters. The van der Waals surface area contributed by atoms with Crippen molar-refractivity contribution in [1.29, 1.82) is 0 Å². The van der Waals surface area contributed by atoms with Crippen LogP contribution in [0, 0.1) is 19.3 Å². The Balaban J connectivity index is 2.18. The van der Waals surface area contributed by atoms with Gasteiger partial charge in [-0.1, -0.05) is 31.5 Å². The largest absolute Gasteiger partial charge is 0.368 e. The second-order valence-corrected chi connectivity index (χ2v) is 12.3. The summed E-state index contributed by atoms with van der Waals surface area (Å²) in [6.45, 7) is 17.6. The van der Waals surface area contributed by atoms with Gasteiger partial charge in [-0.15, -0.1) is 11.3 Å². The molecule has 0 saturated carbocycles. The van der Waals surface area contributed by atoms with Gasteiger partial charge in [-0.25, -0.2) is 0 Å². The smallest absolute Gasteiger partial charge is 0.117 e. The van der Waals surface area contributed by atoms with Gasteiger partial charge >= 0.3 is 0 Å². The summed E-state index contributed by atoms with van der Waals surface area (Å²) < 4.78 is 11.9. The van der Waals surface area contributed by atoms with Crippen LogP contribution in [0.5, 0.6) is 0 Å². The van der Waals surface area contributed by atoms with E-state index >= 15 is 0 Å². The van der Waals surface area contributed by atoms with E-state index in [1.165, 1.54) is 44.4 Å². The second kappa shape index (κ2) is 7.86. The van der Waals surface area contributed by atoms with Crippen molar-refractivity contribution >= 4 is 40.0 Å². The van der Waals surface area contributed by atoms with E-state index in [4.69, 9.17) is 20.7 Å². The Hall–Kier alpha value is -0.680. The number of ether oxygens (including phenoxy) is 1.